The Morgan fingerprint density at radius 1 is 1.15 bits per heavy atom. The van der Waals surface area contributed by atoms with E-state index in [-0.39, 0.29) is 12.4 Å². The first-order valence-electron chi connectivity index (χ1n) is 6.66. The van der Waals surface area contributed by atoms with Crippen LogP contribution in [0.1, 0.15) is 47.0 Å². The van der Waals surface area contributed by atoms with Crippen molar-refractivity contribution in [2.75, 3.05) is 13.2 Å². The molecular formula is C14H24O6. The molecule has 0 saturated carbocycles. The third kappa shape index (κ3) is 9.49. The van der Waals surface area contributed by atoms with Gasteiger partial charge in [-0.05, 0) is 47.0 Å². The van der Waals surface area contributed by atoms with E-state index in [0.717, 1.165) is 0 Å². The Balaban J connectivity index is 4.07. The average molecular weight is 288 g/mol. The highest BCUT2D eigenvalue weighted by molar-refractivity contribution is 5.97. The van der Waals surface area contributed by atoms with Gasteiger partial charge in [0, 0.05) is 6.61 Å². The minimum atomic E-state index is -1.01. The fourth-order valence-corrected chi connectivity index (χ4v) is 1.57. The second-order valence-corrected chi connectivity index (χ2v) is 5.64. The van der Waals surface area contributed by atoms with Crippen molar-refractivity contribution in [2.24, 2.45) is 5.92 Å². The van der Waals surface area contributed by atoms with E-state index in [1.165, 1.54) is 6.92 Å². The van der Waals surface area contributed by atoms with Gasteiger partial charge < -0.3 is 14.6 Å². The summed E-state index contributed by atoms with van der Waals surface area (Å²) in [4.78, 5) is 33.5. The zero-order valence-corrected chi connectivity index (χ0v) is 12.6. The summed E-state index contributed by atoms with van der Waals surface area (Å²) in [7, 11) is 0. The molecule has 6 heteroatoms. The number of unbranched alkanes of at least 4 members (excludes halogenated alkanes) is 1. The Morgan fingerprint density at radius 2 is 1.75 bits per heavy atom. The van der Waals surface area contributed by atoms with Gasteiger partial charge in [-0.15, -0.1) is 0 Å². The highest BCUT2D eigenvalue weighted by Crippen LogP contribution is 2.17. The fourth-order valence-electron chi connectivity index (χ4n) is 1.57. The quantitative estimate of drug-likeness (QED) is 0.395. The van der Waals surface area contributed by atoms with Gasteiger partial charge in [0.1, 0.15) is 23.9 Å². The van der Waals surface area contributed by atoms with Crippen molar-refractivity contribution in [1.29, 1.82) is 0 Å². The standard InChI is InChI=1S/C14H24O6/c1-10(15)11(13(18)20-14(2,3)4)7-5-6-8-19-9-12(16)17/h11H,5-9H2,1-4H3,(H,16,17). The van der Waals surface area contributed by atoms with E-state index in [4.69, 9.17) is 14.6 Å². The van der Waals surface area contributed by atoms with Gasteiger partial charge in [0.05, 0.1) is 0 Å². The summed E-state index contributed by atoms with van der Waals surface area (Å²) in [6.45, 7) is 6.59. The second kappa shape index (κ2) is 8.68. The number of hydrogen-bond donors (Lipinski definition) is 1. The zero-order valence-electron chi connectivity index (χ0n) is 12.6. The van der Waals surface area contributed by atoms with Crippen LogP contribution in [-0.2, 0) is 23.9 Å². The number of carbonyl (C=O) groups excluding carboxylic acids is 2. The summed E-state index contributed by atoms with van der Waals surface area (Å²) < 4.78 is 10.1. The van der Waals surface area contributed by atoms with E-state index in [1.54, 1.807) is 20.8 Å². The molecular weight excluding hydrogens is 264 g/mol. The minimum absolute atomic E-state index is 0.217. The monoisotopic (exact) mass is 288 g/mol. The molecule has 0 spiro atoms. The molecule has 0 aromatic carbocycles. The molecule has 1 atom stereocenters. The molecule has 0 bridgehead atoms. The van der Waals surface area contributed by atoms with Crippen LogP contribution in [0.5, 0.6) is 0 Å². The minimum Gasteiger partial charge on any atom is -0.480 e. The third-order valence-corrected chi connectivity index (χ3v) is 2.44. The van der Waals surface area contributed by atoms with E-state index >= 15 is 0 Å². The van der Waals surface area contributed by atoms with Crippen LogP contribution in [0.4, 0.5) is 0 Å². The molecule has 0 aliphatic heterocycles. The van der Waals surface area contributed by atoms with Gasteiger partial charge in [-0.3, -0.25) is 9.59 Å². The van der Waals surface area contributed by atoms with E-state index in [9.17, 15) is 14.4 Å². The first-order chi connectivity index (χ1) is 9.13. The summed E-state index contributed by atoms with van der Waals surface area (Å²) in [6.07, 6.45) is 1.59. The summed E-state index contributed by atoms with van der Waals surface area (Å²) in [6, 6.07) is 0. The van der Waals surface area contributed by atoms with E-state index < -0.39 is 23.5 Å². The summed E-state index contributed by atoms with van der Waals surface area (Å²) in [5, 5.41) is 8.38. The molecule has 0 rings (SSSR count). The molecule has 1 unspecified atom stereocenters. The lowest BCUT2D eigenvalue weighted by Crippen LogP contribution is -2.32. The number of ketones is 1. The predicted molar refractivity (Wildman–Crippen MR) is 72.3 cm³/mol. The molecule has 0 aromatic rings. The van der Waals surface area contributed by atoms with Crippen molar-refractivity contribution in [1.82, 2.24) is 0 Å². The second-order valence-electron chi connectivity index (χ2n) is 5.64. The van der Waals surface area contributed by atoms with E-state index in [2.05, 4.69) is 0 Å². The molecule has 0 saturated heterocycles. The van der Waals surface area contributed by atoms with Crippen molar-refractivity contribution in [3.05, 3.63) is 0 Å². The summed E-state index contributed by atoms with van der Waals surface area (Å²) >= 11 is 0. The van der Waals surface area contributed by atoms with Gasteiger partial charge in [-0.25, -0.2) is 4.79 Å². The lowest BCUT2D eigenvalue weighted by Gasteiger charge is -2.22. The number of rotatable bonds is 9. The van der Waals surface area contributed by atoms with Crippen LogP contribution in [0.3, 0.4) is 0 Å². The Bertz CT molecular complexity index is 342. The van der Waals surface area contributed by atoms with Gasteiger partial charge in [0.25, 0.3) is 0 Å². The Kier molecular flexibility index (Phi) is 8.06. The molecule has 6 nitrogen and oxygen atoms in total. The van der Waals surface area contributed by atoms with Crippen LogP contribution in [-0.4, -0.2) is 41.6 Å². The lowest BCUT2D eigenvalue weighted by molar-refractivity contribution is -0.162. The molecule has 0 fully saturated rings. The van der Waals surface area contributed by atoms with Gasteiger partial charge >= 0.3 is 11.9 Å². The van der Waals surface area contributed by atoms with Gasteiger partial charge in [-0.2, -0.15) is 0 Å². The van der Waals surface area contributed by atoms with Crippen LogP contribution in [0.15, 0.2) is 0 Å². The number of aliphatic carboxylic acids is 1. The van der Waals surface area contributed by atoms with Crippen molar-refractivity contribution < 1.29 is 29.0 Å². The van der Waals surface area contributed by atoms with Crippen LogP contribution < -0.4 is 0 Å². The topological polar surface area (TPSA) is 89.9 Å². The van der Waals surface area contributed by atoms with Crippen molar-refractivity contribution >= 4 is 17.7 Å². The summed E-state index contributed by atoms with van der Waals surface area (Å²) in [5.74, 6) is -2.49. The Hall–Kier alpha value is -1.43. The van der Waals surface area contributed by atoms with Crippen molar-refractivity contribution in [2.45, 2.75) is 52.6 Å². The molecule has 0 amide bonds. The SMILES string of the molecule is CC(=O)C(CCCCOCC(=O)O)C(=O)OC(C)(C)C. The molecule has 0 radical (unpaired) electrons. The average Bonchev–Trinajstić information content (AvgIpc) is 2.24. The van der Waals surface area contributed by atoms with E-state index in [0.29, 0.717) is 25.9 Å². The zero-order chi connectivity index (χ0) is 15.8. The highest BCUT2D eigenvalue weighted by Gasteiger charge is 2.28. The number of ether oxygens (including phenoxy) is 2. The Labute approximate surface area is 119 Å². The highest BCUT2D eigenvalue weighted by atomic mass is 16.6. The third-order valence-electron chi connectivity index (χ3n) is 2.44. The normalized spacial score (nSPS) is 12.8. The van der Waals surface area contributed by atoms with Crippen LogP contribution in [0.2, 0.25) is 0 Å². The molecule has 116 valence electrons. The van der Waals surface area contributed by atoms with E-state index in [1.807, 2.05) is 0 Å². The number of carbonyl (C=O) groups is 3. The van der Waals surface area contributed by atoms with Gasteiger partial charge in [0.15, 0.2) is 0 Å². The Morgan fingerprint density at radius 3 is 2.20 bits per heavy atom. The number of carboxylic acids is 1. The first-order valence-corrected chi connectivity index (χ1v) is 6.66. The molecule has 0 aliphatic rings. The summed E-state index contributed by atoms with van der Waals surface area (Å²) in [5.41, 5.74) is -0.616. The predicted octanol–water partition coefficient (Wildman–Crippen LogP) is 1.80. The largest absolute Gasteiger partial charge is 0.480 e. The smallest absolute Gasteiger partial charge is 0.329 e. The number of carboxylic acid groups (broad SMARTS) is 1. The molecule has 1 N–H and O–H groups in total. The first kappa shape index (κ1) is 18.6. The van der Waals surface area contributed by atoms with Crippen LogP contribution >= 0.6 is 0 Å². The molecule has 0 aliphatic carbocycles. The number of esters is 1. The van der Waals surface area contributed by atoms with Crippen molar-refractivity contribution in [3.63, 3.8) is 0 Å². The molecule has 20 heavy (non-hydrogen) atoms. The maximum atomic E-state index is 11.9. The number of hydrogen-bond acceptors (Lipinski definition) is 5. The molecule has 0 aromatic heterocycles. The van der Waals surface area contributed by atoms with Crippen LogP contribution in [0, 0.1) is 5.92 Å². The van der Waals surface area contributed by atoms with Crippen molar-refractivity contribution in [3.8, 4) is 0 Å². The fraction of sp³-hybridized carbons (Fsp3) is 0.786. The van der Waals surface area contributed by atoms with Gasteiger partial charge in [0.2, 0.25) is 0 Å². The maximum absolute atomic E-state index is 11.9. The maximum Gasteiger partial charge on any atom is 0.329 e. The van der Waals surface area contributed by atoms with Crippen LogP contribution in [0.25, 0.3) is 0 Å². The number of Topliss-reactive ketones (excluding diaryl/α,β-unsaturated/α-hetero) is 1. The molecule has 0 heterocycles. The lowest BCUT2D eigenvalue weighted by atomic mass is 9.98. The van der Waals surface area contributed by atoms with Gasteiger partial charge in [-0.1, -0.05) is 0 Å².